The Morgan fingerprint density at radius 1 is 1.40 bits per heavy atom. The van der Waals surface area contributed by atoms with Crippen molar-refractivity contribution < 1.29 is 19.0 Å². The second kappa shape index (κ2) is 8.60. The molecular formula is C15H29NO4. The van der Waals surface area contributed by atoms with Gasteiger partial charge in [0.05, 0.1) is 19.3 Å². The van der Waals surface area contributed by atoms with Crippen LogP contribution >= 0.6 is 0 Å². The largest absolute Gasteiger partial charge is 0.465 e. The van der Waals surface area contributed by atoms with Crippen molar-refractivity contribution in [2.75, 3.05) is 26.4 Å². The number of ether oxygens (including phenoxy) is 3. The van der Waals surface area contributed by atoms with E-state index < -0.39 is 5.54 Å². The van der Waals surface area contributed by atoms with Gasteiger partial charge in [-0.05, 0) is 46.0 Å². The highest BCUT2D eigenvalue weighted by Crippen LogP contribution is 2.37. The third-order valence-electron chi connectivity index (χ3n) is 3.95. The Labute approximate surface area is 122 Å². The van der Waals surface area contributed by atoms with Gasteiger partial charge in [-0.15, -0.1) is 0 Å². The van der Waals surface area contributed by atoms with E-state index in [0.717, 1.165) is 19.3 Å². The molecule has 3 atom stereocenters. The van der Waals surface area contributed by atoms with Crippen LogP contribution in [0, 0.1) is 5.92 Å². The van der Waals surface area contributed by atoms with Crippen LogP contribution < -0.4 is 5.73 Å². The van der Waals surface area contributed by atoms with Gasteiger partial charge in [0.25, 0.3) is 0 Å². The number of rotatable bonds is 9. The zero-order valence-corrected chi connectivity index (χ0v) is 13.0. The summed E-state index contributed by atoms with van der Waals surface area (Å²) in [5.74, 6) is -0.106. The molecule has 1 saturated carbocycles. The van der Waals surface area contributed by atoms with Gasteiger partial charge in [-0.1, -0.05) is 6.42 Å². The molecule has 5 heteroatoms. The SMILES string of the molecule is CCOCC(C)OCCC1CCCC1(N)C(=O)OCC. The molecule has 0 saturated heterocycles. The van der Waals surface area contributed by atoms with Crippen molar-refractivity contribution in [3.05, 3.63) is 0 Å². The molecular weight excluding hydrogens is 258 g/mol. The Morgan fingerprint density at radius 3 is 2.80 bits per heavy atom. The van der Waals surface area contributed by atoms with Gasteiger partial charge in [0.1, 0.15) is 5.54 Å². The highest BCUT2D eigenvalue weighted by Gasteiger charge is 2.46. The first-order chi connectivity index (χ1) is 9.54. The fourth-order valence-corrected chi connectivity index (χ4v) is 2.78. The number of nitrogens with two attached hydrogens (primary N) is 1. The monoisotopic (exact) mass is 287 g/mol. The molecule has 0 aromatic rings. The molecule has 3 unspecified atom stereocenters. The summed E-state index contributed by atoms with van der Waals surface area (Å²) in [4.78, 5) is 12.0. The molecule has 0 amide bonds. The summed E-state index contributed by atoms with van der Waals surface area (Å²) in [5, 5.41) is 0. The lowest BCUT2D eigenvalue weighted by Crippen LogP contribution is -2.52. The van der Waals surface area contributed by atoms with E-state index in [9.17, 15) is 4.79 Å². The van der Waals surface area contributed by atoms with Crippen LogP contribution in [-0.2, 0) is 19.0 Å². The number of carbonyl (C=O) groups excluding carboxylic acids is 1. The summed E-state index contributed by atoms with van der Waals surface area (Å²) in [6, 6.07) is 0. The fraction of sp³-hybridized carbons (Fsp3) is 0.933. The Kier molecular flexibility index (Phi) is 7.48. The molecule has 0 aromatic carbocycles. The van der Waals surface area contributed by atoms with Crippen molar-refractivity contribution in [1.29, 1.82) is 0 Å². The standard InChI is InChI=1S/C15H29NO4/c1-4-18-11-12(3)20-10-8-13-7-6-9-15(13,16)14(17)19-5-2/h12-13H,4-11,16H2,1-3H3. The van der Waals surface area contributed by atoms with Gasteiger partial charge in [-0.3, -0.25) is 4.79 Å². The van der Waals surface area contributed by atoms with Crippen molar-refractivity contribution in [2.45, 2.75) is 58.1 Å². The molecule has 0 radical (unpaired) electrons. The van der Waals surface area contributed by atoms with Crippen LogP contribution in [0.4, 0.5) is 0 Å². The summed E-state index contributed by atoms with van der Waals surface area (Å²) in [6.07, 6.45) is 3.54. The molecule has 0 spiro atoms. The summed E-state index contributed by atoms with van der Waals surface area (Å²) in [6.45, 7) is 8.06. The van der Waals surface area contributed by atoms with Crippen molar-refractivity contribution in [2.24, 2.45) is 11.7 Å². The van der Waals surface area contributed by atoms with Gasteiger partial charge in [-0.2, -0.15) is 0 Å². The van der Waals surface area contributed by atoms with Gasteiger partial charge < -0.3 is 19.9 Å². The molecule has 0 aliphatic heterocycles. The van der Waals surface area contributed by atoms with Crippen LogP contribution in [0.5, 0.6) is 0 Å². The van der Waals surface area contributed by atoms with Gasteiger partial charge in [-0.25, -0.2) is 0 Å². The van der Waals surface area contributed by atoms with Crippen LogP contribution in [0.25, 0.3) is 0 Å². The number of hydrogen-bond acceptors (Lipinski definition) is 5. The number of carbonyl (C=O) groups is 1. The van der Waals surface area contributed by atoms with E-state index in [1.54, 1.807) is 0 Å². The summed E-state index contributed by atoms with van der Waals surface area (Å²) < 4.78 is 16.1. The quantitative estimate of drug-likeness (QED) is 0.656. The average Bonchev–Trinajstić information content (AvgIpc) is 2.80. The molecule has 118 valence electrons. The van der Waals surface area contributed by atoms with Crippen LogP contribution in [0.1, 0.15) is 46.5 Å². The maximum atomic E-state index is 12.0. The molecule has 0 bridgehead atoms. The molecule has 5 nitrogen and oxygen atoms in total. The fourth-order valence-electron chi connectivity index (χ4n) is 2.78. The molecule has 1 aliphatic rings. The first kappa shape index (κ1) is 17.4. The zero-order valence-electron chi connectivity index (χ0n) is 13.0. The normalized spacial score (nSPS) is 27.5. The highest BCUT2D eigenvalue weighted by molar-refractivity contribution is 5.81. The van der Waals surface area contributed by atoms with E-state index in [1.165, 1.54) is 0 Å². The summed E-state index contributed by atoms with van der Waals surface area (Å²) in [7, 11) is 0. The average molecular weight is 287 g/mol. The Balaban J connectivity index is 2.36. The second-order valence-corrected chi connectivity index (χ2v) is 5.48. The van der Waals surface area contributed by atoms with Crippen molar-refractivity contribution >= 4 is 5.97 Å². The van der Waals surface area contributed by atoms with Gasteiger partial charge in [0, 0.05) is 13.2 Å². The first-order valence-corrected chi connectivity index (χ1v) is 7.70. The van der Waals surface area contributed by atoms with Crippen molar-refractivity contribution in [3.8, 4) is 0 Å². The topological polar surface area (TPSA) is 70.8 Å². The van der Waals surface area contributed by atoms with Crippen LogP contribution in [0.15, 0.2) is 0 Å². The predicted molar refractivity (Wildman–Crippen MR) is 77.4 cm³/mol. The van der Waals surface area contributed by atoms with Crippen molar-refractivity contribution in [3.63, 3.8) is 0 Å². The van der Waals surface area contributed by atoms with Crippen LogP contribution in [0.3, 0.4) is 0 Å². The molecule has 0 heterocycles. The lowest BCUT2D eigenvalue weighted by molar-refractivity contribution is -0.151. The van der Waals surface area contributed by atoms with Gasteiger partial charge in [0.2, 0.25) is 0 Å². The minimum Gasteiger partial charge on any atom is -0.465 e. The maximum Gasteiger partial charge on any atom is 0.326 e. The Hall–Kier alpha value is -0.650. The lowest BCUT2D eigenvalue weighted by Gasteiger charge is -2.29. The maximum absolute atomic E-state index is 12.0. The van der Waals surface area contributed by atoms with Gasteiger partial charge in [0.15, 0.2) is 0 Å². The molecule has 2 N–H and O–H groups in total. The van der Waals surface area contributed by atoms with E-state index in [2.05, 4.69) is 0 Å². The molecule has 20 heavy (non-hydrogen) atoms. The number of esters is 1. The predicted octanol–water partition coefficient (Wildman–Crippen LogP) is 1.88. The zero-order chi connectivity index (χ0) is 15.0. The molecule has 1 fully saturated rings. The Morgan fingerprint density at radius 2 is 2.15 bits per heavy atom. The summed E-state index contributed by atoms with van der Waals surface area (Å²) in [5.41, 5.74) is 5.46. The second-order valence-electron chi connectivity index (χ2n) is 5.48. The third-order valence-corrected chi connectivity index (χ3v) is 3.95. The minimum absolute atomic E-state index is 0.0751. The van der Waals surface area contributed by atoms with E-state index in [1.807, 2.05) is 20.8 Å². The molecule has 0 aromatic heterocycles. The number of hydrogen-bond donors (Lipinski definition) is 1. The molecule has 1 aliphatic carbocycles. The smallest absolute Gasteiger partial charge is 0.326 e. The minimum atomic E-state index is -0.817. The van der Waals surface area contributed by atoms with Crippen LogP contribution in [0.2, 0.25) is 0 Å². The molecule has 1 rings (SSSR count). The lowest BCUT2D eigenvalue weighted by atomic mass is 9.86. The highest BCUT2D eigenvalue weighted by atomic mass is 16.5. The van der Waals surface area contributed by atoms with E-state index in [-0.39, 0.29) is 18.0 Å². The first-order valence-electron chi connectivity index (χ1n) is 7.70. The Bertz CT molecular complexity index is 298. The third kappa shape index (κ3) is 4.72. The van der Waals surface area contributed by atoms with Crippen LogP contribution in [-0.4, -0.2) is 44.0 Å². The summed E-state index contributed by atoms with van der Waals surface area (Å²) >= 11 is 0. The van der Waals surface area contributed by atoms with E-state index in [4.69, 9.17) is 19.9 Å². The van der Waals surface area contributed by atoms with E-state index >= 15 is 0 Å². The van der Waals surface area contributed by atoms with Crippen molar-refractivity contribution in [1.82, 2.24) is 0 Å². The van der Waals surface area contributed by atoms with E-state index in [0.29, 0.717) is 32.8 Å². The van der Waals surface area contributed by atoms with Gasteiger partial charge >= 0.3 is 5.97 Å².